The zero-order chi connectivity index (χ0) is 13.0. The van der Waals surface area contributed by atoms with Crippen molar-refractivity contribution in [3.8, 4) is 11.5 Å². The Balaban J connectivity index is 2.35. The van der Waals surface area contributed by atoms with Gasteiger partial charge in [-0.2, -0.15) is 0 Å². The molecule has 0 fully saturated rings. The number of ether oxygens (including phenoxy) is 1. The topological polar surface area (TPSA) is 80.7 Å². The molecule has 92 valence electrons. The van der Waals surface area contributed by atoms with Gasteiger partial charge in [-0.15, -0.1) is 0 Å². The molecule has 0 aliphatic rings. The second-order valence-electron chi connectivity index (χ2n) is 3.42. The average Bonchev–Trinajstić information content (AvgIpc) is 2.38. The van der Waals surface area contributed by atoms with E-state index in [0.29, 0.717) is 22.1 Å². The molecule has 0 radical (unpaired) electrons. The van der Waals surface area contributed by atoms with Crippen LogP contribution in [-0.4, -0.2) is 16.0 Å². The number of rotatable bonds is 3. The zero-order valence-corrected chi connectivity index (χ0v) is 10.0. The highest BCUT2D eigenvalue weighted by Crippen LogP contribution is 2.26. The fourth-order valence-corrected chi connectivity index (χ4v) is 1.56. The lowest BCUT2D eigenvalue weighted by Gasteiger charge is -2.09. The molecule has 18 heavy (non-hydrogen) atoms. The molecule has 0 saturated heterocycles. The average molecular weight is 264 g/mol. The van der Waals surface area contributed by atoms with Crippen LogP contribution in [0.25, 0.3) is 0 Å². The van der Waals surface area contributed by atoms with Crippen LogP contribution in [0.4, 0.5) is 0 Å². The summed E-state index contributed by atoms with van der Waals surface area (Å²) >= 11 is 5.86. The summed E-state index contributed by atoms with van der Waals surface area (Å²) in [6, 6.07) is 8.49. The lowest BCUT2D eigenvalue weighted by atomic mass is 10.2. The first kappa shape index (κ1) is 12.2. The van der Waals surface area contributed by atoms with Crippen molar-refractivity contribution >= 4 is 17.4 Å². The summed E-state index contributed by atoms with van der Waals surface area (Å²) in [6.07, 6.45) is 3.01. The lowest BCUT2D eigenvalue weighted by Crippen LogP contribution is -2.14. The summed E-state index contributed by atoms with van der Waals surface area (Å²) in [5, 5.41) is 12.2. The maximum absolute atomic E-state index is 8.69. The molecule has 0 saturated carbocycles. The Morgan fingerprint density at radius 1 is 1.39 bits per heavy atom. The molecule has 1 heterocycles. The third-order valence-corrected chi connectivity index (χ3v) is 2.43. The van der Waals surface area contributed by atoms with Gasteiger partial charge in [-0.05, 0) is 24.3 Å². The zero-order valence-electron chi connectivity index (χ0n) is 9.25. The molecule has 1 aromatic heterocycles. The number of aromatic nitrogens is 1. The van der Waals surface area contributed by atoms with Gasteiger partial charge in [0.1, 0.15) is 5.75 Å². The van der Waals surface area contributed by atoms with Crippen LogP contribution in [0.2, 0.25) is 5.02 Å². The number of hydrogen-bond donors (Lipinski definition) is 2. The van der Waals surface area contributed by atoms with Crippen LogP contribution >= 0.6 is 11.6 Å². The molecule has 0 atom stereocenters. The SMILES string of the molecule is N/C(=N/O)c1ccncc1Oc1cccc(Cl)c1. The Kier molecular flexibility index (Phi) is 3.64. The molecule has 0 aliphatic carbocycles. The summed E-state index contributed by atoms with van der Waals surface area (Å²) in [6.45, 7) is 0. The molecule has 3 N–H and O–H groups in total. The van der Waals surface area contributed by atoms with Gasteiger partial charge in [-0.1, -0.05) is 22.8 Å². The molecule has 5 nitrogen and oxygen atoms in total. The van der Waals surface area contributed by atoms with Crippen molar-refractivity contribution in [1.29, 1.82) is 0 Å². The van der Waals surface area contributed by atoms with E-state index in [-0.39, 0.29) is 5.84 Å². The van der Waals surface area contributed by atoms with Gasteiger partial charge in [0.2, 0.25) is 0 Å². The van der Waals surface area contributed by atoms with Crippen molar-refractivity contribution in [3.63, 3.8) is 0 Å². The number of oxime groups is 1. The highest BCUT2D eigenvalue weighted by molar-refractivity contribution is 6.30. The van der Waals surface area contributed by atoms with Crippen molar-refractivity contribution in [2.24, 2.45) is 10.9 Å². The summed E-state index contributed by atoms with van der Waals surface area (Å²) < 4.78 is 5.59. The van der Waals surface area contributed by atoms with E-state index in [9.17, 15) is 0 Å². The molecule has 2 rings (SSSR count). The summed E-state index contributed by atoms with van der Waals surface area (Å²) in [5.41, 5.74) is 6.00. The van der Waals surface area contributed by atoms with Gasteiger partial charge in [0.15, 0.2) is 11.6 Å². The minimum atomic E-state index is -0.0468. The molecule has 0 bridgehead atoms. The van der Waals surface area contributed by atoms with Gasteiger partial charge >= 0.3 is 0 Å². The van der Waals surface area contributed by atoms with Gasteiger partial charge in [-0.25, -0.2) is 0 Å². The standard InChI is InChI=1S/C12H10ClN3O2/c13-8-2-1-3-9(6-8)18-11-7-15-5-4-10(11)12(14)16-17/h1-7,17H,(H2,14,16). The maximum Gasteiger partial charge on any atom is 0.173 e. The third kappa shape index (κ3) is 2.70. The smallest absolute Gasteiger partial charge is 0.173 e. The summed E-state index contributed by atoms with van der Waals surface area (Å²) in [4.78, 5) is 3.93. The number of nitrogens with two attached hydrogens (primary N) is 1. The first-order valence-corrected chi connectivity index (χ1v) is 5.44. The highest BCUT2D eigenvalue weighted by Gasteiger charge is 2.09. The van der Waals surface area contributed by atoms with Crippen molar-refractivity contribution in [2.45, 2.75) is 0 Å². The van der Waals surface area contributed by atoms with Gasteiger partial charge in [-0.3, -0.25) is 4.98 Å². The van der Waals surface area contributed by atoms with Gasteiger partial charge < -0.3 is 15.7 Å². The maximum atomic E-state index is 8.69. The molecule has 2 aromatic rings. The van der Waals surface area contributed by atoms with Crippen LogP contribution in [0.5, 0.6) is 11.5 Å². The Morgan fingerprint density at radius 2 is 2.22 bits per heavy atom. The molecule has 0 unspecified atom stereocenters. The second kappa shape index (κ2) is 5.37. The van der Waals surface area contributed by atoms with Crippen molar-refractivity contribution in [2.75, 3.05) is 0 Å². The van der Waals surface area contributed by atoms with E-state index >= 15 is 0 Å². The summed E-state index contributed by atoms with van der Waals surface area (Å²) in [7, 11) is 0. The molecular weight excluding hydrogens is 254 g/mol. The van der Waals surface area contributed by atoms with Gasteiger partial charge in [0.25, 0.3) is 0 Å². The first-order chi connectivity index (χ1) is 8.70. The van der Waals surface area contributed by atoms with E-state index < -0.39 is 0 Å². The molecule has 0 amide bonds. The summed E-state index contributed by atoms with van der Waals surface area (Å²) in [5.74, 6) is 0.881. The number of hydrogen-bond acceptors (Lipinski definition) is 4. The number of benzene rings is 1. The highest BCUT2D eigenvalue weighted by atomic mass is 35.5. The Labute approximate surface area is 108 Å². The van der Waals surface area contributed by atoms with E-state index in [1.165, 1.54) is 12.4 Å². The molecule has 6 heteroatoms. The van der Waals surface area contributed by atoms with Crippen LogP contribution in [0.1, 0.15) is 5.56 Å². The molecule has 1 aromatic carbocycles. The Hall–Kier alpha value is -2.27. The lowest BCUT2D eigenvalue weighted by molar-refractivity contribution is 0.318. The van der Waals surface area contributed by atoms with E-state index in [2.05, 4.69) is 10.1 Å². The van der Waals surface area contributed by atoms with Crippen molar-refractivity contribution in [3.05, 3.63) is 53.3 Å². The van der Waals surface area contributed by atoms with E-state index in [1.807, 2.05) is 0 Å². The second-order valence-corrected chi connectivity index (χ2v) is 3.85. The Bertz CT molecular complexity index is 587. The molecule has 0 aliphatic heterocycles. The van der Waals surface area contributed by atoms with E-state index in [4.69, 9.17) is 27.3 Å². The first-order valence-electron chi connectivity index (χ1n) is 5.06. The number of amidine groups is 1. The number of halogens is 1. The predicted octanol–water partition coefficient (Wildman–Crippen LogP) is 2.62. The largest absolute Gasteiger partial charge is 0.455 e. The molecule has 0 spiro atoms. The van der Waals surface area contributed by atoms with Crippen molar-refractivity contribution < 1.29 is 9.94 Å². The Morgan fingerprint density at radius 3 is 2.94 bits per heavy atom. The fourth-order valence-electron chi connectivity index (χ4n) is 1.38. The fraction of sp³-hybridized carbons (Fsp3) is 0. The number of nitrogens with zero attached hydrogens (tertiary/aromatic N) is 2. The van der Waals surface area contributed by atoms with Crippen LogP contribution in [-0.2, 0) is 0 Å². The van der Waals surface area contributed by atoms with Crippen LogP contribution in [0, 0.1) is 0 Å². The van der Waals surface area contributed by atoms with Crippen LogP contribution in [0.15, 0.2) is 47.9 Å². The van der Waals surface area contributed by atoms with Crippen LogP contribution in [0.3, 0.4) is 0 Å². The van der Waals surface area contributed by atoms with Crippen molar-refractivity contribution in [1.82, 2.24) is 4.98 Å². The number of pyridine rings is 1. The normalized spacial score (nSPS) is 11.3. The quantitative estimate of drug-likeness (QED) is 0.386. The van der Waals surface area contributed by atoms with E-state index in [1.54, 1.807) is 30.3 Å². The van der Waals surface area contributed by atoms with E-state index in [0.717, 1.165) is 0 Å². The molecular formula is C12H10ClN3O2. The predicted molar refractivity (Wildman–Crippen MR) is 68.3 cm³/mol. The third-order valence-electron chi connectivity index (χ3n) is 2.19. The van der Waals surface area contributed by atoms with Crippen LogP contribution < -0.4 is 10.5 Å². The van der Waals surface area contributed by atoms with Gasteiger partial charge in [0.05, 0.1) is 11.8 Å². The minimum Gasteiger partial charge on any atom is -0.455 e. The monoisotopic (exact) mass is 263 g/mol. The minimum absolute atomic E-state index is 0.0468. The van der Waals surface area contributed by atoms with Gasteiger partial charge in [0, 0.05) is 11.2 Å².